The van der Waals surface area contributed by atoms with Crippen LogP contribution in [0, 0.1) is 18.2 Å². The Morgan fingerprint density at radius 2 is 1.88 bits per heavy atom. The summed E-state index contributed by atoms with van der Waals surface area (Å²) in [5, 5.41) is 11.0. The number of pyridine rings is 1. The van der Waals surface area contributed by atoms with Gasteiger partial charge in [-0.25, -0.2) is 9.87 Å². The van der Waals surface area contributed by atoms with Crippen molar-refractivity contribution < 1.29 is 19.1 Å². The number of benzene rings is 1. The van der Waals surface area contributed by atoms with Crippen LogP contribution in [0.1, 0.15) is 54.7 Å². The highest BCUT2D eigenvalue weighted by molar-refractivity contribution is 5.87. The van der Waals surface area contributed by atoms with Crippen LogP contribution in [0.5, 0.6) is 0 Å². The Morgan fingerprint density at radius 1 is 1.25 bits per heavy atom. The van der Waals surface area contributed by atoms with Gasteiger partial charge in [0.15, 0.2) is 6.29 Å². The van der Waals surface area contributed by atoms with Crippen molar-refractivity contribution in [2.24, 2.45) is 12.5 Å². The molecule has 0 radical (unpaired) electrons. The zero-order valence-corrected chi connectivity index (χ0v) is 20.1. The Hall–Kier alpha value is -2.55. The molecule has 7 nitrogen and oxygen atoms in total. The molecule has 8 heteroatoms. The number of carbonyl (C=O) groups is 1. The number of aryl methyl sites for hydroxylation is 1. The minimum atomic E-state index is -0.417. The summed E-state index contributed by atoms with van der Waals surface area (Å²) < 4.78 is 15.6. The molecule has 3 rings (SSSR count). The van der Waals surface area contributed by atoms with E-state index in [1.54, 1.807) is 33.2 Å². The molecule has 2 aromatic rings. The number of rotatable bonds is 6. The van der Waals surface area contributed by atoms with Crippen molar-refractivity contribution in [2.45, 2.75) is 47.5 Å². The van der Waals surface area contributed by atoms with Gasteiger partial charge in [0.2, 0.25) is 0 Å². The van der Waals surface area contributed by atoms with Crippen LogP contribution in [-0.2, 0) is 24.7 Å². The van der Waals surface area contributed by atoms with E-state index in [1.807, 2.05) is 13.8 Å². The minimum absolute atomic E-state index is 0.0556. The Labute approximate surface area is 189 Å². The van der Waals surface area contributed by atoms with Crippen molar-refractivity contribution in [1.29, 1.82) is 0 Å². The molecule has 1 aliphatic carbocycles. The second kappa shape index (κ2) is 12.5. The molecular weight excluding hydrogens is 413 g/mol. The summed E-state index contributed by atoms with van der Waals surface area (Å²) in [6, 6.07) is 4.80. The van der Waals surface area contributed by atoms with Gasteiger partial charge < -0.3 is 10.4 Å². The second-order valence-corrected chi connectivity index (χ2v) is 8.10. The largest absolute Gasteiger partial charge is 0.394 e. The van der Waals surface area contributed by atoms with Crippen LogP contribution < -0.4 is 16.4 Å². The van der Waals surface area contributed by atoms with Gasteiger partial charge in [-0.15, -0.1) is 0 Å². The number of nitrogens with zero attached hydrogens (tertiary/aromatic N) is 1. The summed E-state index contributed by atoms with van der Waals surface area (Å²) in [6.45, 7) is 10.4. The standard InChI is InChI=1S/C19H21FN2O2.C3H9NO2.C2H6/c1-11-5-6-16(15(20)7-11)21-17-14(10-23)12-8-19(2,3)9-13(12)18(24)22(17)4;1-4-6-3-2-5;1-2/h5-7,10,21H,8-9H2,1-4H3;4-5H,2-3H2,1H3;1-2H3. The van der Waals surface area contributed by atoms with Gasteiger partial charge in [-0.2, -0.15) is 0 Å². The highest BCUT2D eigenvalue weighted by atomic mass is 19.1. The van der Waals surface area contributed by atoms with E-state index in [0.717, 1.165) is 17.4 Å². The Balaban J connectivity index is 0.000000556. The second-order valence-electron chi connectivity index (χ2n) is 8.10. The fourth-order valence-electron chi connectivity index (χ4n) is 3.60. The number of aliphatic hydroxyl groups is 1. The van der Waals surface area contributed by atoms with Gasteiger partial charge in [0.1, 0.15) is 11.6 Å². The summed E-state index contributed by atoms with van der Waals surface area (Å²) in [7, 11) is 3.25. The maximum Gasteiger partial charge on any atom is 0.255 e. The third-order valence-electron chi connectivity index (χ3n) is 4.99. The SMILES string of the molecule is CC.CNOCCO.Cc1ccc(Nc2c(C=O)c3c(c(=O)n2C)CC(C)(C)C3)c(F)c1. The Kier molecular flexibility index (Phi) is 10.7. The number of hydrogen-bond donors (Lipinski definition) is 3. The van der Waals surface area contributed by atoms with Gasteiger partial charge in [-0.1, -0.05) is 33.8 Å². The predicted octanol–water partition coefficient (Wildman–Crippen LogP) is 3.67. The normalized spacial score (nSPS) is 13.3. The fourth-order valence-corrected chi connectivity index (χ4v) is 3.60. The number of hydrogen-bond acceptors (Lipinski definition) is 6. The third kappa shape index (κ3) is 6.72. The number of nitrogens with one attached hydrogen (secondary N) is 2. The van der Waals surface area contributed by atoms with Crippen molar-refractivity contribution in [1.82, 2.24) is 10.0 Å². The highest BCUT2D eigenvalue weighted by Crippen LogP contribution is 2.38. The summed E-state index contributed by atoms with van der Waals surface area (Å²) in [5.74, 6) is -0.0747. The van der Waals surface area contributed by atoms with Crippen LogP contribution in [0.3, 0.4) is 0 Å². The van der Waals surface area contributed by atoms with Gasteiger partial charge in [0.25, 0.3) is 5.56 Å². The minimum Gasteiger partial charge on any atom is -0.394 e. The molecule has 32 heavy (non-hydrogen) atoms. The first-order valence-electron chi connectivity index (χ1n) is 10.8. The summed E-state index contributed by atoms with van der Waals surface area (Å²) in [4.78, 5) is 28.9. The molecule has 0 atom stereocenters. The number of anilines is 2. The van der Waals surface area contributed by atoms with Gasteiger partial charge >= 0.3 is 0 Å². The number of hydroxylamine groups is 1. The molecule has 178 valence electrons. The number of fused-ring (bicyclic) bond motifs is 1. The topological polar surface area (TPSA) is 92.6 Å². The Morgan fingerprint density at radius 3 is 2.38 bits per heavy atom. The number of aldehydes is 1. The molecule has 0 aliphatic heterocycles. The smallest absolute Gasteiger partial charge is 0.255 e. The lowest BCUT2D eigenvalue weighted by atomic mass is 9.90. The molecule has 1 heterocycles. The van der Waals surface area contributed by atoms with Crippen LogP contribution in [0.15, 0.2) is 23.0 Å². The van der Waals surface area contributed by atoms with E-state index in [-0.39, 0.29) is 23.3 Å². The number of halogens is 1. The maximum absolute atomic E-state index is 14.2. The molecule has 1 aliphatic rings. The average molecular weight is 450 g/mol. The molecule has 3 N–H and O–H groups in total. The van der Waals surface area contributed by atoms with E-state index in [4.69, 9.17) is 5.11 Å². The lowest BCUT2D eigenvalue weighted by Gasteiger charge is -2.17. The third-order valence-corrected chi connectivity index (χ3v) is 4.99. The van der Waals surface area contributed by atoms with E-state index in [2.05, 4.69) is 29.5 Å². The lowest BCUT2D eigenvalue weighted by Crippen LogP contribution is -2.26. The molecule has 0 spiro atoms. The van der Waals surface area contributed by atoms with Gasteiger partial charge in [0.05, 0.1) is 24.5 Å². The van der Waals surface area contributed by atoms with Crippen LogP contribution in [-0.4, -0.2) is 36.2 Å². The first-order valence-corrected chi connectivity index (χ1v) is 10.8. The van der Waals surface area contributed by atoms with Crippen LogP contribution >= 0.6 is 0 Å². The average Bonchev–Trinajstić information content (AvgIpc) is 3.09. The lowest BCUT2D eigenvalue weighted by molar-refractivity contribution is 0.0314. The first-order chi connectivity index (χ1) is 15.1. The molecular formula is C24H36FN3O4. The maximum atomic E-state index is 14.2. The molecule has 1 aromatic heterocycles. The summed E-state index contributed by atoms with van der Waals surface area (Å²) >= 11 is 0. The van der Waals surface area contributed by atoms with Crippen molar-refractivity contribution in [3.63, 3.8) is 0 Å². The van der Waals surface area contributed by atoms with Crippen molar-refractivity contribution in [3.8, 4) is 0 Å². The summed E-state index contributed by atoms with van der Waals surface area (Å²) in [5.41, 5.74) is 5.20. The van der Waals surface area contributed by atoms with Crippen molar-refractivity contribution in [2.75, 3.05) is 25.6 Å². The van der Waals surface area contributed by atoms with E-state index in [1.165, 1.54) is 10.6 Å². The zero-order chi connectivity index (χ0) is 24.5. The van der Waals surface area contributed by atoms with Crippen molar-refractivity contribution in [3.05, 3.63) is 56.6 Å². The van der Waals surface area contributed by atoms with E-state index in [0.29, 0.717) is 36.4 Å². The monoisotopic (exact) mass is 449 g/mol. The molecule has 1 aromatic carbocycles. The highest BCUT2D eigenvalue weighted by Gasteiger charge is 2.34. The van der Waals surface area contributed by atoms with Crippen molar-refractivity contribution >= 4 is 17.8 Å². The van der Waals surface area contributed by atoms with Crippen LogP contribution in [0.4, 0.5) is 15.9 Å². The zero-order valence-electron chi connectivity index (χ0n) is 20.1. The van der Waals surface area contributed by atoms with Gasteiger partial charge in [-0.05, 0) is 48.4 Å². The van der Waals surface area contributed by atoms with Crippen LogP contribution in [0.25, 0.3) is 0 Å². The molecule has 0 saturated heterocycles. The van der Waals surface area contributed by atoms with Gasteiger partial charge in [0, 0.05) is 19.7 Å². The molecule has 0 fully saturated rings. The molecule has 0 saturated carbocycles. The predicted molar refractivity (Wildman–Crippen MR) is 126 cm³/mol. The van der Waals surface area contributed by atoms with Crippen LogP contribution in [0.2, 0.25) is 0 Å². The van der Waals surface area contributed by atoms with Gasteiger partial charge in [-0.3, -0.25) is 19.0 Å². The number of aliphatic hydroxyl groups excluding tert-OH is 1. The molecule has 0 amide bonds. The Bertz CT molecular complexity index is 967. The van der Waals surface area contributed by atoms with E-state index in [9.17, 15) is 14.0 Å². The number of carbonyl (C=O) groups excluding carboxylic acids is 1. The quantitative estimate of drug-likeness (QED) is 0.354. The van der Waals surface area contributed by atoms with E-state index < -0.39 is 5.82 Å². The first kappa shape index (κ1) is 27.5. The fraction of sp³-hybridized carbons (Fsp3) is 0.500. The molecule has 0 unspecified atom stereocenters. The van der Waals surface area contributed by atoms with E-state index >= 15 is 0 Å². The number of aromatic nitrogens is 1. The summed E-state index contributed by atoms with van der Waals surface area (Å²) in [6.07, 6.45) is 2.07. The molecule has 0 bridgehead atoms.